The second-order valence-electron chi connectivity index (χ2n) is 12.2. The molecule has 0 atom stereocenters. The molecule has 2 aromatic heterocycles. The molecule has 49 heavy (non-hydrogen) atoms. The third-order valence-corrected chi connectivity index (χ3v) is 8.99. The van der Waals surface area contributed by atoms with Crippen LogP contribution in [0, 0.1) is 6.92 Å². The van der Waals surface area contributed by atoms with Crippen molar-refractivity contribution in [3.63, 3.8) is 0 Å². The molecular weight excluding hydrogens is 616 g/mol. The highest BCUT2D eigenvalue weighted by atomic mass is 16.7. The van der Waals surface area contributed by atoms with Crippen molar-refractivity contribution in [2.45, 2.75) is 13.5 Å². The number of ether oxygens (including phenoxy) is 2. The average Bonchev–Trinajstić information content (AvgIpc) is 3.81. The van der Waals surface area contributed by atoms with Gasteiger partial charge in [0.2, 0.25) is 6.79 Å². The first-order valence-electron chi connectivity index (χ1n) is 16.3. The Morgan fingerprint density at radius 3 is 2.24 bits per heavy atom. The summed E-state index contributed by atoms with van der Waals surface area (Å²) in [6.07, 6.45) is 0. The van der Waals surface area contributed by atoms with Gasteiger partial charge >= 0.3 is 0 Å². The number of aromatic nitrogens is 3. The summed E-state index contributed by atoms with van der Waals surface area (Å²) in [5.74, 6) is 1.21. The molecule has 10 heteroatoms. The Balaban J connectivity index is 0.990. The van der Waals surface area contributed by atoms with E-state index in [9.17, 15) is 9.59 Å². The highest BCUT2D eigenvalue weighted by molar-refractivity contribution is 6.00. The fraction of sp³-hybridized carbons (Fsp3) is 0.179. The molecule has 1 N–H and O–H groups in total. The number of aryl methyl sites for hydroxylation is 1. The van der Waals surface area contributed by atoms with Crippen LogP contribution in [0.4, 0.5) is 5.69 Å². The summed E-state index contributed by atoms with van der Waals surface area (Å²) < 4.78 is 12.7. The van der Waals surface area contributed by atoms with Crippen LogP contribution in [0.2, 0.25) is 0 Å². The highest BCUT2D eigenvalue weighted by Gasteiger charge is 2.28. The minimum absolute atomic E-state index is 0.0743. The minimum atomic E-state index is -0.170. The Hall–Kier alpha value is -6.16. The fourth-order valence-corrected chi connectivity index (χ4v) is 6.28. The van der Waals surface area contributed by atoms with Gasteiger partial charge in [-0.1, -0.05) is 78.4 Å². The molecule has 0 radical (unpaired) electrons. The third kappa shape index (κ3) is 6.04. The van der Waals surface area contributed by atoms with Crippen molar-refractivity contribution >= 4 is 23.1 Å². The van der Waals surface area contributed by atoms with Gasteiger partial charge in [-0.2, -0.15) is 5.10 Å². The number of hydrogen-bond donors (Lipinski definition) is 1. The van der Waals surface area contributed by atoms with Gasteiger partial charge in [0, 0.05) is 55.6 Å². The first-order chi connectivity index (χ1) is 24.0. The van der Waals surface area contributed by atoms with Crippen LogP contribution in [0.5, 0.6) is 11.5 Å². The van der Waals surface area contributed by atoms with Gasteiger partial charge in [0.25, 0.3) is 11.8 Å². The molecule has 0 aliphatic carbocycles. The fourth-order valence-electron chi connectivity index (χ4n) is 6.28. The van der Waals surface area contributed by atoms with Crippen LogP contribution in [0.3, 0.4) is 0 Å². The van der Waals surface area contributed by atoms with Crippen molar-refractivity contribution in [2.75, 3.05) is 38.3 Å². The van der Waals surface area contributed by atoms with Crippen molar-refractivity contribution < 1.29 is 19.1 Å². The number of fused-ring (bicyclic) bond motifs is 2. The minimum Gasteiger partial charge on any atom is -0.454 e. The van der Waals surface area contributed by atoms with E-state index in [0.717, 1.165) is 50.8 Å². The predicted molar refractivity (Wildman–Crippen MR) is 187 cm³/mol. The van der Waals surface area contributed by atoms with E-state index in [1.165, 1.54) is 0 Å². The van der Waals surface area contributed by atoms with Crippen LogP contribution in [0.15, 0.2) is 109 Å². The van der Waals surface area contributed by atoms with Crippen LogP contribution < -0.4 is 14.8 Å². The summed E-state index contributed by atoms with van der Waals surface area (Å²) in [5.41, 5.74) is 7.93. The molecule has 2 amide bonds. The van der Waals surface area contributed by atoms with Crippen LogP contribution in [0.1, 0.15) is 32.0 Å². The van der Waals surface area contributed by atoms with E-state index in [1.54, 1.807) is 9.42 Å². The standard InChI is InChI=1S/C39H34N6O4/c1-26-11-14-29(15-12-26)34-22-33(41-37-23-32(42-45(34)37)28-7-3-2-4-8-28)39(47)44-19-17-43(18-20-44)38(46)30-9-5-6-10-31(30)40-24-27-13-16-35-36(21-27)49-25-48-35/h2-16,21-23,40H,17-20,24-25H2,1H3. The normalized spacial score (nSPS) is 13.9. The molecule has 244 valence electrons. The summed E-state index contributed by atoms with van der Waals surface area (Å²) in [4.78, 5) is 36.1. The molecule has 0 saturated carbocycles. The number of carbonyl (C=O) groups excluding carboxylic acids is 2. The van der Waals surface area contributed by atoms with Crippen molar-refractivity contribution in [1.82, 2.24) is 24.4 Å². The first-order valence-corrected chi connectivity index (χ1v) is 16.3. The molecule has 1 fully saturated rings. The van der Waals surface area contributed by atoms with Crippen molar-refractivity contribution in [3.05, 3.63) is 132 Å². The van der Waals surface area contributed by atoms with E-state index in [-0.39, 0.29) is 18.6 Å². The van der Waals surface area contributed by atoms with Gasteiger partial charge in [0.15, 0.2) is 17.1 Å². The maximum atomic E-state index is 14.0. The van der Waals surface area contributed by atoms with E-state index < -0.39 is 0 Å². The molecule has 1 saturated heterocycles. The van der Waals surface area contributed by atoms with Crippen molar-refractivity contribution in [1.29, 1.82) is 0 Å². The second kappa shape index (κ2) is 12.8. The summed E-state index contributed by atoms with van der Waals surface area (Å²) in [6.45, 7) is 4.43. The maximum Gasteiger partial charge on any atom is 0.272 e. The topological polar surface area (TPSA) is 101 Å². The molecule has 0 spiro atoms. The van der Waals surface area contributed by atoms with Gasteiger partial charge in [-0.15, -0.1) is 0 Å². The Morgan fingerprint density at radius 1 is 0.735 bits per heavy atom. The molecule has 2 aliphatic rings. The SMILES string of the molecule is Cc1ccc(-c2cc(C(=O)N3CCN(C(=O)c4ccccc4NCc4ccc5c(c4)OCO5)CC3)nc3cc(-c4ccccc4)nn23)cc1. The largest absolute Gasteiger partial charge is 0.454 e. The number of benzene rings is 4. The summed E-state index contributed by atoms with van der Waals surface area (Å²) in [7, 11) is 0. The van der Waals surface area contributed by atoms with Crippen LogP contribution in [0.25, 0.3) is 28.2 Å². The zero-order chi connectivity index (χ0) is 33.3. The number of anilines is 1. The molecule has 4 aromatic carbocycles. The van der Waals surface area contributed by atoms with E-state index in [0.29, 0.717) is 49.6 Å². The Kier molecular flexibility index (Phi) is 7.89. The van der Waals surface area contributed by atoms with Gasteiger partial charge < -0.3 is 24.6 Å². The van der Waals surface area contributed by atoms with E-state index in [2.05, 4.69) is 5.32 Å². The number of hydrogen-bond acceptors (Lipinski definition) is 7. The van der Waals surface area contributed by atoms with E-state index in [4.69, 9.17) is 19.6 Å². The maximum absolute atomic E-state index is 14.0. The van der Waals surface area contributed by atoms with Crippen molar-refractivity contribution in [2.24, 2.45) is 0 Å². The number of carbonyl (C=O) groups is 2. The van der Waals surface area contributed by atoms with E-state index in [1.807, 2.05) is 121 Å². The zero-order valence-corrected chi connectivity index (χ0v) is 27.0. The smallest absolute Gasteiger partial charge is 0.272 e. The zero-order valence-electron chi connectivity index (χ0n) is 27.0. The number of rotatable bonds is 7. The van der Waals surface area contributed by atoms with Crippen LogP contribution in [-0.4, -0.2) is 69.2 Å². The molecule has 8 rings (SSSR count). The van der Waals surface area contributed by atoms with Gasteiger partial charge in [-0.05, 0) is 42.8 Å². The molecular formula is C39H34N6O4. The quantitative estimate of drug-likeness (QED) is 0.216. The highest BCUT2D eigenvalue weighted by Crippen LogP contribution is 2.33. The number of piperazine rings is 1. The van der Waals surface area contributed by atoms with Crippen LogP contribution >= 0.6 is 0 Å². The number of amides is 2. The van der Waals surface area contributed by atoms with Gasteiger partial charge in [-0.3, -0.25) is 9.59 Å². The summed E-state index contributed by atoms with van der Waals surface area (Å²) in [6, 6.07) is 35.2. The van der Waals surface area contributed by atoms with Crippen LogP contribution in [-0.2, 0) is 6.54 Å². The molecule has 0 bridgehead atoms. The van der Waals surface area contributed by atoms with E-state index >= 15 is 0 Å². The van der Waals surface area contributed by atoms with Crippen molar-refractivity contribution in [3.8, 4) is 34.0 Å². The predicted octanol–water partition coefficient (Wildman–Crippen LogP) is 6.31. The third-order valence-electron chi connectivity index (χ3n) is 8.99. The Labute approximate surface area is 283 Å². The van der Waals surface area contributed by atoms with Gasteiger partial charge in [0.1, 0.15) is 5.69 Å². The Morgan fingerprint density at radius 2 is 1.45 bits per heavy atom. The molecule has 6 aromatic rings. The van der Waals surface area contributed by atoms with Gasteiger partial charge in [-0.25, -0.2) is 9.50 Å². The summed E-state index contributed by atoms with van der Waals surface area (Å²) >= 11 is 0. The molecule has 2 aliphatic heterocycles. The number of nitrogens with one attached hydrogen (secondary N) is 1. The number of nitrogens with zero attached hydrogens (tertiary/aromatic N) is 5. The Bertz CT molecular complexity index is 2170. The first kappa shape index (κ1) is 30.2. The molecule has 10 nitrogen and oxygen atoms in total. The summed E-state index contributed by atoms with van der Waals surface area (Å²) in [5, 5.41) is 8.29. The lowest BCUT2D eigenvalue weighted by Gasteiger charge is -2.35. The average molecular weight is 651 g/mol. The second-order valence-corrected chi connectivity index (χ2v) is 12.2. The molecule has 0 unspecified atom stereocenters. The monoisotopic (exact) mass is 650 g/mol. The lowest BCUT2D eigenvalue weighted by Crippen LogP contribution is -2.50. The number of para-hydroxylation sites is 1. The van der Waals surface area contributed by atoms with Gasteiger partial charge in [0.05, 0.1) is 17.0 Å². The lowest BCUT2D eigenvalue weighted by molar-refractivity contribution is 0.0533. The molecule has 4 heterocycles. The lowest BCUT2D eigenvalue weighted by atomic mass is 10.1.